The maximum absolute atomic E-state index is 2.66. The highest BCUT2D eigenvalue weighted by Gasteiger charge is 2.48. The van der Waals surface area contributed by atoms with Gasteiger partial charge >= 0.3 is 0 Å². The highest BCUT2D eigenvalue weighted by molar-refractivity contribution is 5.78. The van der Waals surface area contributed by atoms with Crippen molar-refractivity contribution >= 4 is 22.6 Å². The van der Waals surface area contributed by atoms with Gasteiger partial charge in [-0.25, -0.2) is 0 Å². The number of nitrogens with zero attached hydrogens (tertiary/aromatic N) is 2. The molecule has 1 heterocycles. The van der Waals surface area contributed by atoms with Crippen LogP contribution in [0.1, 0.15) is 100 Å². The van der Waals surface area contributed by atoms with E-state index in [9.17, 15) is 0 Å². The van der Waals surface area contributed by atoms with E-state index in [4.69, 9.17) is 0 Å². The third-order valence-corrected chi connectivity index (χ3v) is 14.7. The van der Waals surface area contributed by atoms with E-state index in [1.165, 1.54) is 75.6 Å². The standard InChI is InChI=1S/C57H56N2/c1-40-16-15-20-45(36-40)57(44-18-5-2-6-19-44)39-43-17-11-12-25-50(43)51-34-33-49(38-54(51)57)58(46-21-7-3-8-22-46)48-31-28-41(29-32-48)42-30-35-56-53(37-42)52-26-13-14-27-55(52)59(56)47-23-9-4-10-24-47/h2,4-6,9-10,12-15,18-21,23-29,31-33,36-38,40,51,53,56H,3,7-8,11,16-17,22,30,34-35,39H2,1H3. The monoisotopic (exact) mass is 768 g/mol. The summed E-state index contributed by atoms with van der Waals surface area (Å²) < 4.78 is 0. The van der Waals surface area contributed by atoms with Crippen molar-refractivity contribution in [3.05, 3.63) is 214 Å². The topological polar surface area (TPSA) is 6.48 Å². The second kappa shape index (κ2) is 15.2. The molecule has 6 aliphatic carbocycles. The van der Waals surface area contributed by atoms with Crippen molar-refractivity contribution in [1.29, 1.82) is 0 Å². The summed E-state index contributed by atoms with van der Waals surface area (Å²) in [7, 11) is 0. The van der Waals surface area contributed by atoms with Gasteiger partial charge < -0.3 is 9.80 Å². The van der Waals surface area contributed by atoms with Crippen LogP contribution >= 0.6 is 0 Å². The Morgan fingerprint density at radius 2 is 1.53 bits per heavy atom. The molecular formula is C57H56N2. The minimum absolute atomic E-state index is 0.183. The van der Waals surface area contributed by atoms with Gasteiger partial charge in [-0.2, -0.15) is 0 Å². The van der Waals surface area contributed by atoms with E-state index >= 15 is 0 Å². The number of fused-ring (bicyclic) bond motifs is 5. The van der Waals surface area contributed by atoms with Crippen LogP contribution in [0.3, 0.4) is 0 Å². The fourth-order valence-electron chi connectivity index (χ4n) is 11.9. The van der Waals surface area contributed by atoms with Crippen molar-refractivity contribution in [2.75, 3.05) is 9.80 Å². The van der Waals surface area contributed by atoms with Crippen LogP contribution < -0.4 is 9.80 Å². The van der Waals surface area contributed by atoms with Gasteiger partial charge in [0.15, 0.2) is 0 Å². The van der Waals surface area contributed by atoms with Crippen molar-refractivity contribution in [3.63, 3.8) is 0 Å². The summed E-state index contributed by atoms with van der Waals surface area (Å²) >= 11 is 0. The summed E-state index contributed by atoms with van der Waals surface area (Å²) in [6, 6.07) is 41.8. The lowest BCUT2D eigenvalue weighted by Gasteiger charge is -2.50. The fraction of sp³-hybridized carbons (Fsp3) is 0.298. The first-order valence-corrected chi connectivity index (χ1v) is 22.6. The summed E-state index contributed by atoms with van der Waals surface area (Å²) in [6.45, 7) is 2.39. The molecule has 0 spiro atoms. The highest BCUT2D eigenvalue weighted by Crippen LogP contribution is 2.58. The number of hydrogen-bond donors (Lipinski definition) is 0. The molecule has 4 aromatic carbocycles. The van der Waals surface area contributed by atoms with E-state index in [-0.39, 0.29) is 5.41 Å². The molecule has 59 heavy (non-hydrogen) atoms. The van der Waals surface area contributed by atoms with E-state index < -0.39 is 0 Å². The normalized spacial score (nSPS) is 27.0. The van der Waals surface area contributed by atoms with Crippen LogP contribution in [0.4, 0.5) is 17.1 Å². The molecule has 1 aliphatic heterocycles. The van der Waals surface area contributed by atoms with Gasteiger partial charge in [-0.15, -0.1) is 0 Å². The number of allylic oxidation sites excluding steroid dienone is 14. The van der Waals surface area contributed by atoms with Crippen molar-refractivity contribution in [2.45, 2.75) is 94.9 Å². The molecular weight excluding hydrogens is 713 g/mol. The highest BCUT2D eigenvalue weighted by atomic mass is 15.2. The lowest BCUT2D eigenvalue weighted by Crippen LogP contribution is -2.41. The van der Waals surface area contributed by atoms with Crippen LogP contribution in [-0.2, 0) is 5.41 Å². The van der Waals surface area contributed by atoms with Crippen LogP contribution in [0, 0.1) is 11.8 Å². The van der Waals surface area contributed by atoms with Crippen molar-refractivity contribution in [3.8, 4) is 0 Å². The third kappa shape index (κ3) is 6.30. The molecule has 5 atom stereocenters. The second-order valence-corrected chi connectivity index (χ2v) is 18.1. The van der Waals surface area contributed by atoms with Crippen molar-refractivity contribution in [1.82, 2.24) is 0 Å². The Kier molecular flexibility index (Phi) is 9.40. The van der Waals surface area contributed by atoms with E-state index in [2.05, 4.69) is 181 Å². The zero-order valence-corrected chi connectivity index (χ0v) is 34.6. The largest absolute Gasteiger partial charge is 0.337 e. The quantitative estimate of drug-likeness (QED) is 0.185. The van der Waals surface area contributed by atoms with Crippen molar-refractivity contribution < 1.29 is 0 Å². The molecule has 2 nitrogen and oxygen atoms in total. The Bertz CT molecular complexity index is 2500. The molecule has 294 valence electrons. The third-order valence-electron chi connectivity index (χ3n) is 14.7. The fourth-order valence-corrected chi connectivity index (χ4v) is 11.9. The Morgan fingerprint density at radius 1 is 0.712 bits per heavy atom. The van der Waals surface area contributed by atoms with Gasteiger partial charge in [0.25, 0.3) is 0 Å². The average molecular weight is 769 g/mol. The van der Waals surface area contributed by atoms with Gasteiger partial charge in [0.1, 0.15) is 0 Å². The Hall–Kier alpha value is -5.60. The van der Waals surface area contributed by atoms with Gasteiger partial charge in [0.05, 0.1) is 0 Å². The smallest absolute Gasteiger partial charge is 0.0458 e. The number of rotatable bonds is 7. The number of para-hydroxylation sites is 2. The number of hydrogen-bond acceptors (Lipinski definition) is 2. The minimum Gasteiger partial charge on any atom is -0.337 e. The summed E-state index contributed by atoms with van der Waals surface area (Å²) in [6.07, 6.45) is 35.4. The van der Waals surface area contributed by atoms with Crippen LogP contribution in [0.5, 0.6) is 0 Å². The molecule has 0 bridgehead atoms. The van der Waals surface area contributed by atoms with E-state index in [0.717, 1.165) is 51.4 Å². The predicted molar refractivity (Wildman–Crippen MR) is 248 cm³/mol. The lowest BCUT2D eigenvalue weighted by atomic mass is 9.54. The van der Waals surface area contributed by atoms with E-state index in [1.807, 2.05) is 0 Å². The van der Waals surface area contributed by atoms with Crippen LogP contribution in [0.2, 0.25) is 0 Å². The molecule has 0 saturated heterocycles. The maximum atomic E-state index is 2.66. The molecule has 0 amide bonds. The van der Waals surface area contributed by atoms with Crippen LogP contribution in [-0.4, -0.2) is 6.04 Å². The molecule has 7 aliphatic rings. The predicted octanol–water partition coefficient (Wildman–Crippen LogP) is 14.8. The Balaban J connectivity index is 0.984. The molecule has 0 radical (unpaired) electrons. The summed E-state index contributed by atoms with van der Waals surface area (Å²) in [5, 5.41) is 0. The van der Waals surface area contributed by atoms with Crippen molar-refractivity contribution in [2.24, 2.45) is 11.8 Å². The maximum Gasteiger partial charge on any atom is 0.0458 e. The zero-order valence-electron chi connectivity index (χ0n) is 34.6. The van der Waals surface area contributed by atoms with Gasteiger partial charge in [-0.05, 0) is 152 Å². The minimum atomic E-state index is -0.183. The molecule has 5 unspecified atom stereocenters. The molecule has 0 fully saturated rings. The molecule has 11 rings (SSSR count). The SMILES string of the molecule is CC1C=C(C2(c3ccccc3)CC3=C(C=CCC3)C3CC=C(N(C4=CCCCC4)c4ccc(C5=CC6c7ccccc7N(c7ccccc7)C6CC5)cc4)C=C32)C=CC1. The average Bonchev–Trinajstić information content (AvgIpc) is 3.64. The first-order valence-electron chi connectivity index (χ1n) is 22.6. The first-order chi connectivity index (χ1) is 29.2. The van der Waals surface area contributed by atoms with Gasteiger partial charge in [0, 0.05) is 51.7 Å². The second-order valence-electron chi connectivity index (χ2n) is 18.1. The molecule has 0 saturated carbocycles. The summed E-state index contributed by atoms with van der Waals surface area (Å²) in [4.78, 5) is 5.25. The van der Waals surface area contributed by atoms with E-state index in [0.29, 0.717) is 23.8 Å². The molecule has 2 heteroatoms. The molecule has 0 aromatic heterocycles. The summed E-state index contributed by atoms with van der Waals surface area (Å²) in [5.41, 5.74) is 18.6. The van der Waals surface area contributed by atoms with Crippen LogP contribution in [0.15, 0.2) is 198 Å². The van der Waals surface area contributed by atoms with Gasteiger partial charge in [-0.1, -0.05) is 140 Å². The Morgan fingerprint density at radius 3 is 2.34 bits per heavy atom. The lowest BCUT2D eigenvalue weighted by molar-refractivity contribution is 0.464. The summed E-state index contributed by atoms with van der Waals surface area (Å²) in [5.74, 6) is 1.31. The number of benzene rings is 4. The van der Waals surface area contributed by atoms with Gasteiger partial charge in [-0.3, -0.25) is 0 Å². The van der Waals surface area contributed by atoms with Gasteiger partial charge in [0.2, 0.25) is 0 Å². The van der Waals surface area contributed by atoms with E-state index in [1.54, 1.807) is 16.7 Å². The molecule has 0 N–H and O–H groups in total. The first kappa shape index (κ1) is 36.5. The molecule has 4 aromatic rings. The zero-order chi connectivity index (χ0) is 39.3. The number of anilines is 3. The Labute approximate surface area is 352 Å². The van der Waals surface area contributed by atoms with Crippen LogP contribution in [0.25, 0.3) is 5.57 Å².